The Morgan fingerprint density at radius 2 is 2.00 bits per heavy atom. The smallest absolute Gasteiger partial charge is 0.191 e. The molecule has 1 saturated heterocycles. The number of hydrogen-bond acceptors (Lipinski definition) is 2. The number of guanidine groups is 1. The third-order valence-corrected chi connectivity index (χ3v) is 4.95. The van der Waals surface area contributed by atoms with E-state index in [0.717, 1.165) is 19.1 Å². The molecule has 4 nitrogen and oxygen atoms in total. The monoisotopic (exact) mass is 387 g/mol. The Hall–Kier alpha value is -2.47. The summed E-state index contributed by atoms with van der Waals surface area (Å²) in [6.45, 7) is 5.82. The number of halogens is 2. The number of benzene rings is 2. The van der Waals surface area contributed by atoms with Crippen LogP contribution in [0.5, 0.6) is 0 Å². The molecule has 1 aliphatic heterocycles. The summed E-state index contributed by atoms with van der Waals surface area (Å²) in [5.41, 5.74) is 1.57. The summed E-state index contributed by atoms with van der Waals surface area (Å²) in [5, 5.41) is 6.40. The number of hydrogen-bond donors (Lipinski definition) is 2. The van der Waals surface area contributed by atoms with E-state index in [1.807, 2.05) is 32.0 Å². The Morgan fingerprint density at radius 3 is 2.71 bits per heavy atom. The quantitative estimate of drug-likeness (QED) is 0.572. The molecule has 0 spiro atoms. The van der Waals surface area contributed by atoms with Crippen LogP contribution in [0.4, 0.5) is 8.78 Å². The van der Waals surface area contributed by atoms with E-state index in [-0.39, 0.29) is 18.1 Å². The van der Waals surface area contributed by atoms with Crippen molar-refractivity contribution < 1.29 is 13.5 Å². The van der Waals surface area contributed by atoms with Crippen LogP contribution >= 0.6 is 0 Å². The van der Waals surface area contributed by atoms with E-state index in [1.54, 1.807) is 0 Å². The number of rotatable bonds is 6. The lowest BCUT2D eigenvalue weighted by Crippen LogP contribution is -2.39. The van der Waals surface area contributed by atoms with Crippen LogP contribution in [0.1, 0.15) is 43.5 Å². The van der Waals surface area contributed by atoms with Gasteiger partial charge in [0.15, 0.2) is 5.96 Å². The second-order valence-corrected chi connectivity index (χ2v) is 7.00. The average Bonchev–Trinajstić information content (AvgIpc) is 3.15. The largest absolute Gasteiger partial charge is 0.373 e. The molecular weight excluding hydrogens is 360 g/mol. The minimum atomic E-state index is -0.581. The molecule has 1 aliphatic rings. The van der Waals surface area contributed by atoms with Crippen LogP contribution in [0, 0.1) is 17.6 Å². The Bertz CT molecular complexity index is 798. The van der Waals surface area contributed by atoms with Gasteiger partial charge in [-0.3, -0.25) is 4.99 Å². The molecule has 3 atom stereocenters. The highest BCUT2D eigenvalue weighted by Gasteiger charge is 2.29. The van der Waals surface area contributed by atoms with Gasteiger partial charge in [0, 0.05) is 37.2 Å². The van der Waals surface area contributed by atoms with E-state index < -0.39 is 11.6 Å². The predicted octanol–water partition coefficient (Wildman–Crippen LogP) is 4.36. The van der Waals surface area contributed by atoms with E-state index >= 15 is 0 Å². The normalized spacial score (nSPS) is 20.8. The first kappa shape index (κ1) is 20.3. The van der Waals surface area contributed by atoms with Crippen molar-refractivity contribution in [3.63, 3.8) is 0 Å². The minimum Gasteiger partial charge on any atom is -0.373 e. The maximum atomic E-state index is 14.1. The van der Waals surface area contributed by atoms with Crippen molar-refractivity contribution >= 4 is 5.96 Å². The molecule has 0 saturated carbocycles. The first-order valence-electron chi connectivity index (χ1n) is 9.74. The van der Waals surface area contributed by atoms with E-state index in [4.69, 9.17) is 9.73 Å². The average molecular weight is 387 g/mol. The molecule has 2 N–H and O–H groups in total. The van der Waals surface area contributed by atoms with Crippen molar-refractivity contribution in [1.82, 2.24) is 10.6 Å². The van der Waals surface area contributed by atoms with Crippen molar-refractivity contribution in [3.05, 3.63) is 71.3 Å². The molecule has 1 heterocycles. The Balaban J connectivity index is 1.68. The van der Waals surface area contributed by atoms with Gasteiger partial charge in [-0.2, -0.15) is 0 Å². The first-order valence-corrected chi connectivity index (χ1v) is 9.74. The highest BCUT2D eigenvalue weighted by atomic mass is 19.1. The zero-order valence-electron chi connectivity index (χ0n) is 16.3. The van der Waals surface area contributed by atoms with Gasteiger partial charge in [0.2, 0.25) is 0 Å². The second-order valence-electron chi connectivity index (χ2n) is 7.00. The van der Waals surface area contributed by atoms with Crippen LogP contribution in [0.3, 0.4) is 0 Å². The van der Waals surface area contributed by atoms with Crippen molar-refractivity contribution in [2.45, 2.75) is 32.4 Å². The minimum absolute atomic E-state index is 0.0415. The summed E-state index contributed by atoms with van der Waals surface area (Å²) in [6, 6.07) is 13.5. The van der Waals surface area contributed by atoms with Crippen LogP contribution in [0.15, 0.2) is 53.5 Å². The molecule has 6 heteroatoms. The van der Waals surface area contributed by atoms with Crippen LogP contribution in [0.25, 0.3) is 0 Å². The third-order valence-electron chi connectivity index (χ3n) is 4.95. The lowest BCUT2D eigenvalue weighted by atomic mass is 9.95. The fourth-order valence-corrected chi connectivity index (χ4v) is 3.50. The molecule has 0 radical (unpaired) electrons. The standard InChI is InChI=1S/C22H27F2N3O/c1-3-25-22(27-15(2)19-10-9-18(23)13-20(19)24)26-14-17-11-12-28-21(17)16-7-5-4-6-8-16/h4-10,13,15,17,21H,3,11-12,14H2,1-2H3,(H2,25,26,27). The maximum Gasteiger partial charge on any atom is 0.191 e. The Labute approximate surface area is 165 Å². The van der Waals surface area contributed by atoms with E-state index in [2.05, 4.69) is 22.8 Å². The topological polar surface area (TPSA) is 45.7 Å². The fourth-order valence-electron chi connectivity index (χ4n) is 3.50. The van der Waals surface area contributed by atoms with Crippen LogP contribution in [0.2, 0.25) is 0 Å². The van der Waals surface area contributed by atoms with Gasteiger partial charge in [-0.15, -0.1) is 0 Å². The summed E-state index contributed by atoms with van der Waals surface area (Å²) >= 11 is 0. The molecule has 28 heavy (non-hydrogen) atoms. The molecule has 1 fully saturated rings. The molecule has 3 unspecified atom stereocenters. The number of ether oxygens (including phenoxy) is 1. The molecule has 0 aliphatic carbocycles. The summed E-state index contributed by atoms with van der Waals surface area (Å²) in [6.07, 6.45) is 0.990. The SMILES string of the molecule is CCNC(=NCC1CCOC1c1ccccc1)NC(C)c1ccc(F)cc1F. The van der Waals surface area contributed by atoms with Crippen LogP contribution < -0.4 is 10.6 Å². The fraction of sp³-hybridized carbons (Fsp3) is 0.409. The first-order chi connectivity index (χ1) is 13.6. The van der Waals surface area contributed by atoms with Crippen molar-refractivity contribution in [2.75, 3.05) is 19.7 Å². The molecule has 0 amide bonds. The van der Waals surface area contributed by atoms with Gasteiger partial charge in [0.25, 0.3) is 0 Å². The molecule has 0 aromatic heterocycles. The lowest BCUT2D eigenvalue weighted by molar-refractivity contribution is 0.0925. The zero-order valence-corrected chi connectivity index (χ0v) is 16.3. The number of nitrogens with one attached hydrogen (secondary N) is 2. The highest BCUT2D eigenvalue weighted by Crippen LogP contribution is 2.34. The lowest BCUT2D eigenvalue weighted by Gasteiger charge is -2.21. The zero-order chi connectivity index (χ0) is 19.9. The summed E-state index contributed by atoms with van der Waals surface area (Å²) < 4.78 is 33.1. The molecular formula is C22H27F2N3O. The van der Waals surface area contributed by atoms with Crippen molar-refractivity contribution in [1.29, 1.82) is 0 Å². The van der Waals surface area contributed by atoms with Gasteiger partial charge >= 0.3 is 0 Å². The predicted molar refractivity (Wildman–Crippen MR) is 107 cm³/mol. The molecule has 2 aromatic rings. The van der Waals surface area contributed by atoms with E-state index in [9.17, 15) is 8.78 Å². The van der Waals surface area contributed by atoms with Crippen LogP contribution in [-0.2, 0) is 4.74 Å². The highest BCUT2D eigenvalue weighted by molar-refractivity contribution is 5.80. The second kappa shape index (κ2) is 9.64. The maximum absolute atomic E-state index is 14.1. The Kier molecular flexibility index (Phi) is 6.98. The van der Waals surface area contributed by atoms with Gasteiger partial charge in [0.05, 0.1) is 12.1 Å². The number of nitrogens with zero attached hydrogens (tertiary/aromatic N) is 1. The summed E-state index contributed by atoms with van der Waals surface area (Å²) in [7, 11) is 0. The molecule has 0 bridgehead atoms. The van der Waals surface area contributed by atoms with Gasteiger partial charge in [0.1, 0.15) is 11.6 Å². The molecule has 2 aromatic carbocycles. The molecule has 150 valence electrons. The summed E-state index contributed by atoms with van der Waals surface area (Å²) in [5.74, 6) is -0.250. The van der Waals surface area contributed by atoms with Crippen molar-refractivity contribution in [2.24, 2.45) is 10.9 Å². The van der Waals surface area contributed by atoms with E-state index in [0.29, 0.717) is 24.6 Å². The van der Waals surface area contributed by atoms with Gasteiger partial charge < -0.3 is 15.4 Å². The van der Waals surface area contributed by atoms with Gasteiger partial charge in [-0.25, -0.2) is 8.78 Å². The van der Waals surface area contributed by atoms with Gasteiger partial charge in [-0.1, -0.05) is 36.4 Å². The van der Waals surface area contributed by atoms with Gasteiger partial charge in [-0.05, 0) is 31.9 Å². The molecule has 3 rings (SSSR count). The summed E-state index contributed by atoms with van der Waals surface area (Å²) in [4.78, 5) is 4.70. The Morgan fingerprint density at radius 1 is 1.21 bits per heavy atom. The van der Waals surface area contributed by atoms with Crippen molar-refractivity contribution in [3.8, 4) is 0 Å². The van der Waals surface area contributed by atoms with Crippen LogP contribution in [-0.4, -0.2) is 25.7 Å². The van der Waals surface area contributed by atoms with E-state index in [1.165, 1.54) is 17.7 Å². The third kappa shape index (κ3) is 5.07. The number of aliphatic imine (C=N–C) groups is 1.